The molecule has 1 aliphatic rings. The largest absolute Gasteiger partial charge is 0.489 e. The molecule has 0 spiro atoms. The van der Waals surface area contributed by atoms with Gasteiger partial charge in [-0.2, -0.15) is 0 Å². The van der Waals surface area contributed by atoms with Crippen LogP contribution in [0.3, 0.4) is 0 Å². The fourth-order valence-electron chi connectivity index (χ4n) is 2.89. The Labute approximate surface area is 177 Å². The minimum Gasteiger partial charge on any atom is -0.489 e. The van der Waals surface area contributed by atoms with E-state index in [0.29, 0.717) is 21.6 Å². The van der Waals surface area contributed by atoms with Gasteiger partial charge in [-0.3, -0.25) is 10.2 Å². The van der Waals surface area contributed by atoms with Gasteiger partial charge in [0.1, 0.15) is 28.3 Å². The average molecular weight is 422 g/mol. The summed E-state index contributed by atoms with van der Waals surface area (Å²) in [5.41, 5.74) is 2.01. The summed E-state index contributed by atoms with van der Waals surface area (Å²) in [6, 6.07) is 17.6. The van der Waals surface area contributed by atoms with E-state index in [2.05, 4.69) is 10.2 Å². The molecule has 1 atom stereocenters. The lowest BCUT2D eigenvalue weighted by atomic mass is 10.1. The number of allylic oxidation sites excluding steroid dienone is 1. The zero-order chi connectivity index (χ0) is 20.2. The van der Waals surface area contributed by atoms with Crippen molar-refractivity contribution < 1.29 is 9.53 Å². The first-order chi connectivity index (χ1) is 14.1. The predicted octanol–water partition coefficient (Wildman–Crippen LogP) is 5.10. The van der Waals surface area contributed by atoms with E-state index in [4.69, 9.17) is 10.1 Å². The maximum atomic E-state index is 12.8. The predicted molar refractivity (Wildman–Crippen MR) is 118 cm³/mol. The molecule has 4 rings (SSSR count). The molecule has 1 aromatic heterocycles. The van der Waals surface area contributed by atoms with Gasteiger partial charge in [0.05, 0.1) is 9.95 Å². The van der Waals surface area contributed by atoms with Crippen LogP contribution in [-0.4, -0.2) is 21.0 Å². The molecular formula is C22H19N3O2S2. The average Bonchev–Trinajstić information content (AvgIpc) is 3.32. The number of carbonyl (C=O) groups excluding carboxylic acids is 1. The highest BCUT2D eigenvalue weighted by molar-refractivity contribution is 8.19. The number of aryl methyl sites for hydroxylation is 1. The first kappa shape index (κ1) is 19.5. The van der Waals surface area contributed by atoms with Gasteiger partial charge in [0.2, 0.25) is 0 Å². The van der Waals surface area contributed by atoms with E-state index in [9.17, 15) is 4.79 Å². The quantitative estimate of drug-likeness (QED) is 0.561. The fourth-order valence-corrected chi connectivity index (χ4v) is 4.85. The van der Waals surface area contributed by atoms with Gasteiger partial charge in [0.15, 0.2) is 5.78 Å². The molecule has 3 aromatic rings. The number of rotatable bonds is 6. The molecule has 7 heteroatoms. The Morgan fingerprint density at radius 1 is 1.10 bits per heavy atom. The van der Waals surface area contributed by atoms with E-state index < -0.39 is 5.92 Å². The third-order valence-electron chi connectivity index (χ3n) is 4.45. The van der Waals surface area contributed by atoms with Crippen LogP contribution in [0.15, 0.2) is 59.5 Å². The number of carbonyl (C=O) groups is 1. The summed E-state index contributed by atoms with van der Waals surface area (Å²) in [6.45, 7) is 2.51. The smallest absolute Gasteiger partial charge is 0.186 e. The number of thioether (sulfide) groups is 1. The zero-order valence-electron chi connectivity index (χ0n) is 15.8. The lowest BCUT2D eigenvalue weighted by molar-refractivity contribution is -0.114. The monoisotopic (exact) mass is 421 g/mol. The minimum absolute atomic E-state index is 0.0804. The van der Waals surface area contributed by atoms with E-state index in [-0.39, 0.29) is 5.78 Å². The molecule has 0 bridgehead atoms. The number of benzene rings is 2. The van der Waals surface area contributed by atoms with E-state index >= 15 is 0 Å². The first-order valence-corrected chi connectivity index (χ1v) is 10.9. The highest BCUT2D eigenvalue weighted by Gasteiger charge is 2.39. The van der Waals surface area contributed by atoms with Crippen LogP contribution in [0.1, 0.15) is 34.0 Å². The van der Waals surface area contributed by atoms with Gasteiger partial charge in [0.25, 0.3) is 0 Å². The van der Waals surface area contributed by atoms with E-state index in [1.807, 2.05) is 67.6 Å². The third kappa shape index (κ3) is 4.46. The Morgan fingerprint density at radius 2 is 1.86 bits per heavy atom. The second-order valence-corrected chi connectivity index (χ2v) is 8.68. The highest BCUT2D eigenvalue weighted by atomic mass is 32.2. The number of Topliss-reactive ketones (excluding diaryl/α,β-unsaturated/α-hetero) is 1. The molecule has 2 aromatic carbocycles. The molecule has 0 radical (unpaired) electrons. The first-order valence-electron chi connectivity index (χ1n) is 9.25. The fraction of sp³-hybridized carbons (Fsp3) is 0.182. The normalized spacial score (nSPS) is 17.8. The summed E-state index contributed by atoms with van der Waals surface area (Å²) in [6.07, 6.45) is 2.60. The van der Waals surface area contributed by atoms with Gasteiger partial charge in [0, 0.05) is 0 Å². The zero-order valence-corrected chi connectivity index (χ0v) is 17.4. The molecule has 1 saturated heterocycles. The van der Waals surface area contributed by atoms with Crippen LogP contribution in [0.4, 0.5) is 0 Å². The molecule has 0 aliphatic carbocycles. The van der Waals surface area contributed by atoms with Gasteiger partial charge in [-0.05, 0) is 35.8 Å². The van der Waals surface area contributed by atoms with Crippen molar-refractivity contribution in [3.05, 3.63) is 80.6 Å². The maximum Gasteiger partial charge on any atom is 0.186 e. The van der Waals surface area contributed by atoms with Crippen molar-refractivity contribution in [2.24, 2.45) is 0 Å². The second kappa shape index (κ2) is 8.71. The number of nitrogens with one attached hydrogen (secondary N) is 1. The van der Waals surface area contributed by atoms with Crippen molar-refractivity contribution in [2.75, 3.05) is 0 Å². The number of hydrogen-bond donors (Lipinski definition) is 1. The molecular weight excluding hydrogens is 402 g/mol. The topological polar surface area (TPSA) is 75.9 Å². The molecule has 0 unspecified atom stereocenters. The molecule has 1 N–H and O–H groups in total. The van der Waals surface area contributed by atoms with E-state index in [0.717, 1.165) is 28.3 Å². The highest BCUT2D eigenvalue weighted by Crippen LogP contribution is 2.41. The van der Waals surface area contributed by atoms with E-state index in [1.165, 1.54) is 23.1 Å². The molecule has 2 heterocycles. The van der Waals surface area contributed by atoms with Crippen LogP contribution in [-0.2, 0) is 17.8 Å². The molecule has 146 valence electrons. The molecule has 5 nitrogen and oxygen atoms in total. The molecule has 0 saturated carbocycles. The molecule has 1 aliphatic heterocycles. The van der Waals surface area contributed by atoms with Gasteiger partial charge >= 0.3 is 0 Å². The van der Waals surface area contributed by atoms with E-state index in [1.54, 1.807) is 0 Å². The summed E-state index contributed by atoms with van der Waals surface area (Å²) in [4.78, 5) is 13.4. The van der Waals surface area contributed by atoms with Gasteiger partial charge < -0.3 is 4.74 Å². The van der Waals surface area contributed by atoms with Crippen molar-refractivity contribution in [3.63, 3.8) is 0 Å². The van der Waals surface area contributed by atoms with Gasteiger partial charge in [-0.25, -0.2) is 0 Å². The summed E-state index contributed by atoms with van der Waals surface area (Å²) >= 11 is 2.61. The number of ether oxygens (including phenoxy) is 1. The SMILES string of the molecule is CCc1nnc([C@H]2C(=N)S/C(=C\c3ccc(OCc4ccccc4)cc3)C2=O)s1. The van der Waals surface area contributed by atoms with Crippen molar-refractivity contribution in [3.8, 4) is 5.75 Å². The van der Waals surface area contributed by atoms with Gasteiger partial charge in [-0.15, -0.1) is 21.5 Å². The maximum absolute atomic E-state index is 12.8. The Bertz CT molecular complexity index is 1060. The Hall–Kier alpha value is -2.77. The summed E-state index contributed by atoms with van der Waals surface area (Å²) in [5.74, 6) is 0.0775. The molecule has 0 amide bonds. The van der Waals surface area contributed by atoms with Gasteiger partial charge in [-0.1, -0.05) is 61.2 Å². The van der Waals surface area contributed by atoms with Crippen molar-refractivity contribution in [1.29, 1.82) is 5.41 Å². The molecule has 29 heavy (non-hydrogen) atoms. The van der Waals surface area contributed by atoms with Crippen LogP contribution < -0.4 is 4.74 Å². The van der Waals surface area contributed by atoms with Crippen LogP contribution in [0.2, 0.25) is 0 Å². The van der Waals surface area contributed by atoms with Crippen LogP contribution >= 0.6 is 23.1 Å². The number of ketones is 1. The Morgan fingerprint density at radius 3 is 2.55 bits per heavy atom. The van der Waals surface area contributed by atoms with Crippen LogP contribution in [0, 0.1) is 5.41 Å². The summed E-state index contributed by atoms with van der Waals surface area (Å²) in [7, 11) is 0. The standard InChI is InChI=1S/C22H19N3O2S2/c1-2-18-24-25-22(29-18)19-20(26)17(28-21(19)23)12-14-8-10-16(11-9-14)27-13-15-6-4-3-5-7-15/h3-12,19,23H,2,13H2,1H3/b17-12-,23-21?/t19-/m1/s1. The lowest BCUT2D eigenvalue weighted by Gasteiger charge is -2.06. The Kier molecular flexibility index (Phi) is 5.87. The van der Waals surface area contributed by atoms with Crippen LogP contribution in [0.5, 0.6) is 5.75 Å². The third-order valence-corrected chi connectivity index (χ3v) is 6.57. The number of nitrogens with zero attached hydrogens (tertiary/aromatic N) is 2. The van der Waals surface area contributed by atoms with Crippen molar-refractivity contribution in [2.45, 2.75) is 25.9 Å². The number of hydrogen-bond acceptors (Lipinski definition) is 7. The van der Waals surface area contributed by atoms with Crippen LogP contribution in [0.25, 0.3) is 6.08 Å². The lowest BCUT2D eigenvalue weighted by Crippen LogP contribution is -2.11. The number of aromatic nitrogens is 2. The molecule has 1 fully saturated rings. The summed E-state index contributed by atoms with van der Waals surface area (Å²) in [5, 5.41) is 18.2. The van der Waals surface area contributed by atoms with Crippen molar-refractivity contribution >= 4 is 40.0 Å². The Balaban J connectivity index is 1.45. The second-order valence-electron chi connectivity index (χ2n) is 6.50. The summed E-state index contributed by atoms with van der Waals surface area (Å²) < 4.78 is 5.80. The minimum atomic E-state index is -0.613. The van der Waals surface area contributed by atoms with Crippen molar-refractivity contribution in [1.82, 2.24) is 10.2 Å².